The third-order valence-corrected chi connectivity index (χ3v) is 4.96. The third-order valence-electron chi connectivity index (χ3n) is 4.05. The predicted molar refractivity (Wildman–Crippen MR) is 102 cm³/mol. The number of halogens is 4. The first-order valence-electron chi connectivity index (χ1n) is 7.87. The second-order valence-corrected chi connectivity index (χ2v) is 6.92. The SMILES string of the molecule is CN=C(NCCc1nc(C(F)(F)F)cs1)NC1CCC(C)CC1.I. The zero-order chi connectivity index (χ0) is 16.9. The van der Waals surface area contributed by atoms with Gasteiger partial charge < -0.3 is 10.6 Å². The topological polar surface area (TPSA) is 49.3 Å². The van der Waals surface area contributed by atoms with Gasteiger partial charge in [-0.1, -0.05) is 6.92 Å². The second-order valence-electron chi connectivity index (χ2n) is 5.97. The van der Waals surface area contributed by atoms with Gasteiger partial charge in [0.05, 0.1) is 5.01 Å². The van der Waals surface area contributed by atoms with Gasteiger partial charge in [0.2, 0.25) is 0 Å². The average Bonchev–Trinajstić information content (AvgIpc) is 2.97. The van der Waals surface area contributed by atoms with Gasteiger partial charge >= 0.3 is 6.18 Å². The van der Waals surface area contributed by atoms with Gasteiger partial charge in [0.1, 0.15) is 0 Å². The number of nitrogens with zero attached hydrogens (tertiary/aromatic N) is 2. The van der Waals surface area contributed by atoms with Crippen LogP contribution < -0.4 is 10.6 Å². The number of hydrogen-bond donors (Lipinski definition) is 2. The Bertz CT molecular complexity index is 525. The van der Waals surface area contributed by atoms with Gasteiger partial charge in [0.25, 0.3) is 0 Å². The van der Waals surface area contributed by atoms with E-state index in [0.717, 1.165) is 35.5 Å². The lowest BCUT2D eigenvalue weighted by molar-refractivity contribution is -0.140. The molecule has 0 aliphatic heterocycles. The second kappa shape index (κ2) is 9.79. The Morgan fingerprint density at radius 1 is 1.33 bits per heavy atom. The summed E-state index contributed by atoms with van der Waals surface area (Å²) >= 11 is 1.04. The minimum absolute atomic E-state index is 0. The summed E-state index contributed by atoms with van der Waals surface area (Å²) in [7, 11) is 1.70. The Morgan fingerprint density at radius 3 is 2.54 bits per heavy atom. The van der Waals surface area contributed by atoms with E-state index in [-0.39, 0.29) is 24.0 Å². The lowest BCUT2D eigenvalue weighted by Crippen LogP contribution is -2.45. The molecule has 1 saturated carbocycles. The summed E-state index contributed by atoms with van der Waals surface area (Å²) in [6.07, 6.45) is 0.773. The smallest absolute Gasteiger partial charge is 0.356 e. The summed E-state index contributed by atoms with van der Waals surface area (Å²) in [5.41, 5.74) is -0.809. The lowest BCUT2D eigenvalue weighted by Gasteiger charge is -2.28. The van der Waals surface area contributed by atoms with E-state index in [4.69, 9.17) is 0 Å². The van der Waals surface area contributed by atoms with Crippen LogP contribution in [0.25, 0.3) is 0 Å². The van der Waals surface area contributed by atoms with Crippen molar-refractivity contribution in [1.82, 2.24) is 15.6 Å². The van der Waals surface area contributed by atoms with E-state index in [0.29, 0.717) is 30.0 Å². The number of thiazole rings is 1. The van der Waals surface area contributed by atoms with Crippen molar-refractivity contribution in [2.24, 2.45) is 10.9 Å². The Balaban J connectivity index is 0.00000288. The van der Waals surface area contributed by atoms with Crippen LogP contribution in [0.1, 0.15) is 43.3 Å². The molecule has 0 atom stereocenters. The highest BCUT2D eigenvalue weighted by molar-refractivity contribution is 14.0. The van der Waals surface area contributed by atoms with Crippen molar-refractivity contribution >= 4 is 41.3 Å². The fourth-order valence-corrected chi connectivity index (χ4v) is 3.44. The number of alkyl halides is 3. The molecule has 0 unspecified atom stereocenters. The highest BCUT2D eigenvalue weighted by Crippen LogP contribution is 2.30. The van der Waals surface area contributed by atoms with Crippen LogP contribution in [-0.4, -0.2) is 30.6 Å². The quantitative estimate of drug-likeness (QED) is 0.392. The van der Waals surface area contributed by atoms with Gasteiger partial charge in [0.15, 0.2) is 11.7 Å². The minimum atomic E-state index is -4.36. The van der Waals surface area contributed by atoms with Gasteiger partial charge in [-0.15, -0.1) is 35.3 Å². The van der Waals surface area contributed by atoms with Gasteiger partial charge in [0, 0.05) is 31.4 Å². The molecule has 2 rings (SSSR count). The molecule has 2 N–H and O–H groups in total. The van der Waals surface area contributed by atoms with Crippen LogP contribution in [0.3, 0.4) is 0 Å². The first-order chi connectivity index (χ1) is 10.9. The van der Waals surface area contributed by atoms with Crippen molar-refractivity contribution in [3.63, 3.8) is 0 Å². The molecule has 0 saturated heterocycles. The van der Waals surface area contributed by atoms with E-state index in [2.05, 4.69) is 27.5 Å². The van der Waals surface area contributed by atoms with Crippen molar-refractivity contribution in [3.05, 3.63) is 16.1 Å². The average molecular weight is 476 g/mol. The Labute approximate surface area is 161 Å². The number of rotatable bonds is 4. The van der Waals surface area contributed by atoms with Crippen molar-refractivity contribution in [3.8, 4) is 0 Å². The summed E-state index contributed by atoms with van der Waals surface area (Å²) in [5.74, 6) is 1.49. The first-order valence-corrected chi connectivity index (χ1v) is 8.75. The molecule has 1 aromatic heterocycles. The number of aromatic nitrogens is 1. The minimum Gasteiger partial charge on any atom is -0.356 e. The van der Waals surface area contributed by atoms with Crippen LogP contribution in [0.5, 0.6) is 0 Å². The molecule has 9 heteroatoms. The maximum atomic E-state index is 12.5. The standard InChI is InChI=1S/C15H23F3N4S.HI/c1-10-3-5-11(6-4-10)21-14(19-2)20-8-7-13-22-12(9-23-13)15(16,17)18;/h9-11H,3-8H2,1-2H3,(H2,19,20,21);1H. The lowest BCUT2D eigenvalue weighted by atomic mass is 9.87. The maximum absolute atomic E-state index is 12.5. The molecule has 138 valence electrons. The third kappa shape index (κ3) is 6.73. The van der Waals surface area contributed by atoms with Gasteiger partial charge in [-0.3, -0.25) is 4.99 Å². The number of nitrogens with one attached hydrogen (secondary N) is 2. The summed E-state index contributed by atoms with van der Waals surface area (Å²) < 4.78 is 37.5. The van der Waals surface area contributed by atoms with Crippen molar-refractivity contribution in [1.29, 1.82) is 0 Å². The molecule has 0 radical (unpaired) electrons. The largest absolute Gasteiger partial charge is 0.434 e. The molecule has 1 aromatic rings. The molecular weight excluding hydrogens is 452 g/mol. The van der Waals surface area contributed by atoms with Crippen molar-refractivity contribution in [2.45, 2.75) is 51.2 Å². The van der Waals surface area contributed by atoms with Crippen LogP contribution in [0.2, 0.25) is 0 Å². The molecule has 1 aliphatic carbocycles. The number of hydrogen-bond acceptors (Lipinski definition) is 3. The zero-order valence-corrected chi connectivity index (χ0v) is 17.0. The van der Waals surface area contributed by atoms with E-state index >= 15 is 0 Å². The Hall–Kier alpha value is -0.580. The normalized spacial score (nSPS) is 22.0. The molecule has 0 bridgehead atoms. The molecule has 0 spiro atoms. The Morgan fingerprint density at radius 2 is 2.00 bits per heavy atom. The van der Waals surface area contributed by atoms with Crippen LogP contribution in [0.4, 0.5) is 13.2 Å². The van der Waals surface area contributed by atoms with E-state index in [9.17, 15) is 13.2 Å². The molecule has 0 amide bonds. The summed E-state index contributed by atoms with van der Waals surface area (Å²) in [6.45, 7) is 2.78. The highest BCUT2D eigenvalue weighted by Gasteiger charge is 2.33. The van der Waals surface area contributed by atoms with E-state index < -0.39 is 11.9 Å². The van der Waals surface area contributed by atoms with E-state index in [1.165, 1.54) is 12.8 Å². The summed E-state index contributed by atoms with van der Waals surface area (Å²) in [6, 6.07) is 0.425. The highest BCUT2D eigenvalue weighted by atomic mass is 127. The molecule has 24 heavy (non-hydrogen) atoms. The first kappa shape index (κ1) is 21.5. The molecule has 4 nitrogen and oxygen atoms in total. The van der Waals surface area contributed by atoms with Gasteiger partial charge in [-0.25, -0.2) is 4.98 Å². The molecule has 1 heterocycles. The van der Waals surface area contributed by atoms with Crippen molar-refractivity contribution in [2.75, 3.05) is 13.6 Å². The fourth-order valence-electron chi connectivity index (χ4n) is 2.64. The van der Waals surface area contributed by atoms with Gasteiger partial charge in [-0.05, 0) is 31.6 Å². The van der Waals surface area contributed by atoms with E-state index in [1.54, 1.807) is 7.05 Å². The zero-order valence-electron chi connectivity index (χ0n) is 13.8. The van der Waals surface area contributed by atoms with Crippen LogP contribution in [0.15, 0.2) is 10.4 Å². The molecule has 1 aliphatic rings. The molecular formula is C15H24F3IN4S. The van der Waals surface area contributed by atoms with Crippen LogP contribution in [-0.2, 0) is 12.6 Å². The van der Waals surface area contributed by atoms with Crippen LogP contribution in [0, 0.1) is 5.92 Å². The van der Waals surface area contributed by atoms with Crippen molar-refractivity contribution < 1.29 is 13.2 Å². The number of guanidine groups is 1. The summed E-state index contributed by atoms with van der Waals surface area (Å²) in [5, 5.41) is 8.07. The fraction of sp³-hybridized carbons (Fsp3) is 0.733. The summed E-state index contributed by atoms with van der Waals surface area (Å²) in [4.78, 5) is 7.80. The molecule has 0 aromatic carbocycles. The maximum Gasteiger partial charge on any atom is 0.434 e. The predicted octanol–water partition coefficient (Wildman–Crippen LogP) is 4.07. The van der Waals surface area contributed by atoms with Gasteiger partial charge in [-0.2, -0.15) is 13.2 Å². The van der Waals surface area contributed by atoms with E-state index in [1.807, 2.05) is 0 Å². The number of aliphatic imine (C=N–C) groups is 1. The monoisotopic (exact) mass is 476 g/mol. The van der Waals surface area contributed by atoms with Crippen LogP contribution >= 0.6 is 35.3 Å². The molecule has 1 fully saturated rings. The Kier molecular flexibility index (Phi) is 8.75.